The van der Waals surface area contributed by atoms with E-state index >= 15 is 0 Å². The highest BCUT2D eigenvalue weighted by Gasteiger charge is 2.21. The second kappa shape index (κ2) is 6.86. The van der Waals surface area contributed by atoms with Crippen LogP contribution in [0.15, 0.2) is 50.7 Å². The van der Waals surface area contributed by atoms with E-state index in [0.29, 0.717) is 16.5 Å². The number of fused-ring (bicyclic) bond motifs is 1. The quantitative estimate of drug-likeness (QED) is 0.622. The number of hydrogen-bond donors (Lipinski definition) is 1. The van der Waals surface area contributed by atoms with Crippen LogP contribution in [-0.2, 0) is 0 Å². The standard InChI is InChI=1S/C20H24O3/c1-12(2)8-6-9-13(3)15(5)18-19(21)17-14(4)10-7-11-16(17)23-20(18)22/h7-11,15,21H,6H2,1-5H3. The molecular formula is C20H24O3. The van der Waals surface area contributed by atoms with Crippen LogP contribution in [0.2, 0.25) is 0 Å². The van der Waals surface area contributed by atoms with Gasteiger partial charge in [-0.2, -0.15) is 0 Å². The molecule has 3 nitrogen and oxygen atoms in total. The van der Waals surface area contributed by atoms with Crippen LogP contribution in [-0.4, -0.2) is 5.11 Å². The van der Waals surface area contributed by atoms with Gasteiger partial charge in [0, 0.05) is 5.92 Å². The van der Waals surface area contributed by atoms with E-state index in [0.717, 1.165) is 17.6 Å². The Balaban J connectivity index is 2.53. The fourth-order valence-corrected chi connectivity index (χ4v) is 2.68. The summed E-state index contributed by atoms with van der Waals surface area (Å²) in [5.74, 6) is -0.155. The van der Waals surface area contributed by atoms with Crippen LogP contribution >= 0.6 is 0 Å². The summed E-state index contributed by atoms with van der Waals surface area (Å²) in [4.78, 5) is 12.3. The number of aromatic hydroxyl groups is 1. The van der Waals surface area contributed by atoms with Gasteiger partial charge in [0.25, 0.3) is 0 Å². The molecule has 0 bridgehead atoms. The van der Waals surface area contributed by atoms with E-state index in [1.165, 1.54) is 5.57 Å². The van der Waals surface area contributed by atoms with Gasteiger partial charge in [0.1, 0.15) is 11.3 Å². The van der Waals surface area contributed by atoms with Crippen molar-refractivity contribution < 1.29 is 9.52 Å². The Bertz CT molecular complexity index is 834. The molecule has 1 unspecified atom stereocenters. The van der Waals surface area contributed by atoms with E-state index in [2.05, 4.69) is 26.0 Å². The predicted molar refractivity (Wildman–Crippen MR) is 95.1 cm³/mol. The highest BCUT2D eigenvalue weighted by Crippen LogP contribution is 2.35. The predicted octanol–water partition coefficient (Wildman–Crippen LogP) is 5.21. The van der Waals surface area contributed by atoms with Gasteiger partial charge < -0.3 is 9.52 Å². The topological polar surface area (TPSA) is 50.4 Å². The summed E-state index contributed by atoms with van der Waals surface area (Å²) in [5.41, 5.74) is 3.47. The second-order valence-corrected chi connectivity index (χ2v) is 6.29. The lowest BCUT2D eigenvalue weighted by Gasteiger charge is -2.15. The first kappa shape index (κ1) is 17.1. The van der Waals surface area contributed by atoms with E-state index in [1.54, 1.807) is 6.07 Å². The molecule has 0 saturated heterocycles. The van der Waals surface area contributed by atoms with Crippen LogP contribution in [0, 0.1) is 6.92 Å². The van der Waals surface area contributed by atoms with E-state index < -0.39 is 5.63 Å². The molecule has 122 valence electrons. The Morgan fingerprint density at radius 3 is 2.61 bits per heavy atom. The lowest BCUT2D eigenvalue weighted by atomic mass is 9.92. The maximum absolute atomic E-state index is 12.3. The summed E-state index contributed by atoms with van der Waals surface area (Å²) < 4.78 is 5.41. The first-order chi connectivity index (χ1) is 10.8. The molecule has 0 radical (unpaired) electrons. The summed E-state index contributed by atoms with van der Waals surface area (Å²) in [6, 6.07) is 5.41. The second-order valence-electron chi connectivity index (χ2n) is 6.29. The van der Waals surface area contributed by atoms with Crippen molar-refractivity contribution in [3.63, 3.8) is 0 Å². The van der Waals surface area contributed by atoms with Gasteiger partial charge in [-0.1, -0.05) is 42.4 Å². The molecule has 0 aliphatic heterocycles. The van der Waals surface area contributed by atoms with Gasteiger partial charge >= 0.3 is 5.63 Å². The highest BCUT2D eigenvalue weighted by atomic mass is 16.4. The van der Waals surface area contributed by atoms with Crippen molar-refractivity contribution >= 4 is 11.0 Å². The van der Waals surface area contributed by atoms with Crippen molar-refractivity contribution in [2.45, 2.75) is 47.0 Å². The van der Waals surface area contributed by atoms with E-state index in [-0.39, 0.29) is 11.7 Å². The van der Waals surface area contributed by atoms with Crippen molar-refractivity contribution in [3.8, 4) is 5.75 Å². The van der Waals surface area contributed by atoms with Crippen molar-refractivity contribution in [1.29, 1.82) is 0 Å². The molecule has 1 atom stereocenters. The number of hydrogen-bond acceptors (Lipinski definition) is 3. The molecule has 0 fully saturated rings. The SMILES string of the molecule is CC(C)=CCC=C(C)C(C)c1c(O)c2c(C)cccc2oc1=O. The summed E-state index contributed by atoms with van der Waals surface area (Å²) in [6.45, 7) is 9.90. The molecule has 1 aromatic heterocycles. The molecule has 0 aliphatic rings. The van der Waals surface area contributed by atoms with Crippen LogP contribution in [0.1, 0.15) is 51.2 Å². The summed E-state index contributed by atoms with van der Waals surface area (Å²) in [7, 11) is 0. The third-order valence-electron chi connectivity index (χ3n) is 4.23. The minimum Gasteiger partial charge on any atom is -0.507 e. The Hall–Kier alpha value is -2.29. The smallest absolute Gasteiger partial charge is 0.343 e. The van der Waals surface area contributed by atoms with E-state index in [9.17, 15) is 9.90 Å². The Morgan fingerprint density at radius 1 is 1.26 bits per heavy atom. The van der Waals surface area contributed by atoms with Gasteiger partial charge in [0.15, 0.2) is 0 Å². The van der Waals surface area contributed by atoms with Crippen LogP contribution in [0.25, 0.3) is 11.0 Å². The van der Waals surface area contributed by atoms with Crippen LogP contribution in [0.4, 0.5) is 0 Å². The normalized spacial score (nSPS) is 13.2. The Labute approximate surface area is 137 Å². The van der Waals surface area contributed by atoms with Crippen LogP contribution in [0.3, 0.4) is 0 Å². The van der Waals surface area contributed by atoms with Crippen molar-refractivity contribution in [2.24, 2.45) is 0 Å². The van der Waals surface area contributed by atoms with Gasteiger partial charge in [0.2, 0.25) is 0 Å². The van der Waals surface area contributed by atoms with Gasteiger partial charge in [-0.25, -0.2) is 4.79 Å². The number of allylic oxidation sites excluding steroid dienone is 4. The lowest BCUT2D eigenvalue weighted by Crippen LogP contribution is -2.12. The maximum atomic E-state index is 12.3. The summed E-state index contributed by atoms with van der Waals surface area (Å²) >= 11 is 0. The highest BCUT2D eigenvalue weighted by molar-refractivity contribution is 5.87. The fourth-order valence-electron chi connectivity index (χ4n) is 2.68. The first-order valence-electron chi connectivity index (χ1n) is 7.88. The largest absolute Gasteiger partial charge is 0.507 e. The molecule has 1 heterocycles. The van der Waals surface area contributed by atoms with Crippen molar-refractivity contribution in [1.82, 2.24) is 0 Å². The van der Waals surface area contributed by atoms with Gasteiger partial charge in [-0.3, -0.25) is 0 Å². The van der Waals surface area contributed by atoms with Gasteiger partial charge in [-0.05, 0) is 45.7 Å². The summed E-state index contributed by atoms with van der Waals surface area (Å²) in [6.07, 6.45) is 5.03. The molecule has 0 aliphatic carbocycles. The van der Waals surface area contributed by atoms with Gasteiger partial charge in [0.05, 0.1) is 10.9 Å². The number of benzene rings is 1. The maximum Gasteiger partial charge on any atom is 0.343 e. The number of rotatable bonds is 4. The Morgan fingerprint density at radius 2 is 1.96 bits per heavy atom. The zero-order chi connectivity index (χ0) is 17.1. The third kappa shape index (κ3) is 3.55. The monoisotopic (exact) mass is 312 g/mol. The molecule has 1 N–H and O–H groups in total. The van der Waals surface area contributed by atoms with E-state index in [4.69, 9.17) is 4.42 Å². The molecule has 0 spiro atoms. The zero-order valence-corrected chi connectivity index (χ0v) is 14.4. The minimum atomic E-state index is -0.469. The lowest BCUT2D eigenvalue weighted by molar-refractivity contribution is 0.452. The van der Waals surface area contributed by atoms with E-state index in [1.807, 2.05) is 32.9 Å². The van der Waals surface area contributed by atoms with Crippen molar-refractivity contribution in [3.05, 3.63) is 63.0 Å². The molecule has 3 heteroatoms. The molecular weight excluding hydrogens is 288 g/mol. The van der Waals surface area contributed by atoms with Crippen molar-refractivity contribution in [2.75, 3.05) is 0 Å². The first-order valence-corrected chi connectivity index (χ1v) is 7.88. The molecule has 2 rings (SSSR count). The fraction of sp³-hybridized carbons (Fsp3) is 0.350. The average Bonchev–Trinajstić information content (AvgIpc) is 2.46. The average molecular weight is 312 g/mol. The third-order valence-corrected chi connectivity index (χ3v) is 4.23. The minimum absolute atomic E-state index is 0.0387. The molecule has 1 aromatic carbocycles. The number of aryl methyl sites for hydroxylation is 1. The van der Waals surface area contributed by atoms with Crippen LogP contribution < -0.4 is 5.63 Å². The molecule has 0 amide bonds. The molecule has 2 aromatic rings. The Kier molecular flexibility index (Phi) is 5.09. The molecule has 0 saturated carbocycles. The summed E-state index contributed by atoms with van der Waals surface area (Å²) in [5, 5.41) is 11.3. The zero-order valence-electron chi connectivity index (χ0n) is 14.4. The van der Waals surface area contributed by atoms with Crippen LogP contribution in [0.5, 0.6) is 5.75 Å². The van der Waals surface area contributed by atoms with Gasteiger partial charge in [-0.15, -0.1) is 0 Å². The molecule has 23 heavy (non-hydrogen) atoms.